The van der Waals surface area contributed by atoms with Gasteiger partial charge in [-0.05, 0) is 57.8 Å². The summed E-state index contributed by atoms with van der Waals surface area (Å²) in [6.45, 7) is 0. The van der Waals surface area contributed by atoms with Gasteiger partial charge in [0.25, 0.3) is 0 Å². The SMILES string of the molecule is Brc1ccc2c3ccc4ccccc4c3n(C3=CC=C4C(C3)c3ccccc3C4(c3ccccc3)c3ccccc3)c2c1. The van der Waals surface area contributed by atoms with Gasteiger partial charge in [0.15, 0.2) is 0 Å². The van der Waals surface area contributed by atoms with Crippen molar-refractivity contribution >= 4 is 54.2 Å². The summed E-state index contributed by atoms with van der Waals surface area (Å²) in [6.07, 6.45) is 5.78. The first-order valence-electron chi connectivity index (χ1n) is 15.0. The second kappa shape index (κ2) is 9.42. The molecule has 9 rings (SSSR count). The third-order valence-electron chi connectivity index (χ3n) is 9.73. The topological polar surface area (TPSA) is 4.93 Å². The number of aromatic nitrogens is 1. The fraction of sp³-hybridized carbons (Fsp3) is 0.0732. The number of hydrogen-bond acceptors (Lipinski definition) is 0. The fourth-order valence-corrected chi connectivity index (χ4v) is 8.40. The van der Waals surface area contributed by atoms with Crippen molar-refractivity contribution in [1.82, 2.24) is 4.57 Å². The lowest BCUT2D eigenvalue weighted by Crippen LogP contribution is -2.30. The highest BCUT2D eigenvalue weighted by atomic mass is 79.9. The molecule has 0 saturated carbocycles. The highest BCUT2D eigenvalue weighted by molar-refractivity contribution is 9.10. The molecule has 1 atom stereocenters. The van der Waals surface area contributed by atoms with E-state index in [0.29, 0.717) is 0 Å². The van der Waals surface area contributed by atoms with Crippen molar-refractivity contribution in [2.24, 2.45) is 0 Å². The maximum Gasteiger partial charge on any atom is 0.0673 e. The molecule has 0 fully saturated rings. The van der Waals surface area contributed by atoms with Gasteiger partial charge in [0, 0.05) is 32.2 Å². The van der Waals surface area contributed by atoms with Crippen LogP contribution >= 0.6 is 15.9 Å². The van der Waals surface area contributed by atoms with Gasteiger partial charge in [0.05, 0.1) is 16.4 Å². The van der Waals surface area contributed by atoms with Crippen molar-refractivity contribution in [2.45, 2.75) is 17.8 Å². The van der Waals surface area contributed by atoms with E-state index in [2.05, 4.69) is 172 Å². The predicted octanol–water partition coefficient (Wildman–Crippen LogP) is 11.0. The lowest BCUT2D eigenvalue weighted by Gasteiger charge is -2.36. The monoisotopic (exact) mass is 613 g/mol. The van der Waals surface area contributed by atoms with Gasteiger partial charge in [-0.25, -0.2) is 0 Å². The number of allylic oxidation sites excluding steroid dienone is 4. The average molecular weight is 615 g/mol. The van der Waals surface area contributed by atoms with Crippen LogP contribution in [0.5, 0.6) is 0 Å². The molecule has 1 aromatic heterocycles. The molecule has 204 valence electrons. The van der Waals surface area contributed by atoms with Crippen LogP contribution in [0.25, 0.3) is 38.3 Å². The Kier molecular flexibility index (Phi) is 5.46. The highest BCUT2D eigenvalue weighted by Crippen LogP contribution is 2.60. The smallest absolute Gasteiger partial charge is 0.0673 e. The Morgan fingerprint density at radius 3 is 2.07 bits per heavy atom. The summed E-state index contributed by atoms with van der Waals surface area (Å²) >= 11 is 3.79. The average Bonchev–Trinajstić information content (AvgIpc) is 3.56. The minimum atomic E-state index is -0.331. The molecule has 1 unspecified atom stereocenters. The molecule has 0 spiro atoms. The maximum absolute atomic E-state index is 3.79. The lowest BCUT2D eigenvalue weighted by molar-refractivity contribution is 0.691. The van der Waals surface area contributed by atoms with Crippen molar-refractivity contribution in [2.75, 3.05) is 0 Å². The number of hydrogen-bond donors (Lipinski definition) is 0. The van der Waals surface area contributed by atoms with Crippen LogP contribution in [0.4, 0.5) is 0 Å². The molecule has 0 amide bonds. The van der Waals surface area contributed by atoms with Crippen molar-refractivity contribution in [1.29, 1.82) is 0 Å². The summed E-state index contributed by atoms with van der Waals surface area (Å²) in [6, 6.07) is 51.4. The van der Waals surface area contributed by atoms with E-state index in [4.69, 9.17) is 0 Å². The molecule has 6 aromatic carbocycles. The fourth-order valence-electron chi connectivity index (χ4n) is 8.05. The van der Waals surface area contributed by atoms with Crippen LogP contribution in [-0.2, 0) is 5.41 Å². The van der Waals surface area contributed by atoms with Crippen molar-refractivity contribution in [3.8, 4) is 0 Å². The molecule has 0 bridgehead atoms. The van der Waals surface area contributed by atoms with Gasteiger partial charge in [0.2, 0.25) is 0 Å². The van der Waals surface area contributed by atoms with E-state index in [-0.39, 0.29) is 11.3 Å². The number of benzene rings is 6. The standard InChI is InChI=1S/C41H28BrN/c42-30-20-23-34-35-22-19-27-11-7-8-16-32(27)40(35)43(39(34)25-30)31-21-24-38-36(26-31)33-17-9-10-18-37(33)41(38,28-12-3-1-4-13-28)29-14-5-2-6-15-29/h1-25,36H,26H2. The van der Waals surface area contributed by atoms with E-state index >= 15 is 0 Å². The molecule has 7 aromatic rings. The molecule has 1 nitrogen and oxygen atoms in total. The first-order chi connectivity index (χ1) is 21.2. The van der Waals surface area contributed by atoms with Gasteiger partial charge >= 0.3 is 0 Å². The number of rotatable bonds is 3. The van der Waals surface area contributed by atoms with Crippen molar-refractivity contribution < 1.29 is 0 Å². The van der Waals surface area contributed by atoms with Crippen LogP contribution in [0.3, 0.4) is 0 Å². The van der Waals surface area contributed by atoms with Gasteiger partial charge in [-0.2, -0.15) is 0 Å². The normalized spacial score (nSPS) is 17.1. The minimum Gasteiger partial charge on any atom is -0.312 e. The zero-order valence-corrected chi connectivity index (χ0v) is 25.1. The molecule has 2 aliphatic carbocycles. The van der Waals surface area contributed by atoms with Gasteiger partial charge in [-0.1, -0.05) is 149 Å². The lowest BCUT2D eigenvalue weighted by atomic mass is 9.66. The Bertz CT molecular complexity index is 2230. The van der Waals surface area contributed by atoms with Crippen LogP contribution in [-0.4, -0.2) is 4.57 Å². The first kappa shape index (κ1) is 24.9. The Balaban J connectivity index is 1.36. The van der Waals surface area contributed by atoms with Gasteiger partial charge in [0.1, 0.15) is 0 Å². The largest absolute Gasteiger partial charge is 0.312 e. The number of nitrogens with zero attached hydrogens (tertiary/aromatic N) is 1. The summed E-state index contributed by atoms with van der Waals surface area (Å²) < 4.78 is 3.64. The molecule has 2 heteroatoms. The molecule has 2 aliphatic rings. The Labute approximate surface area is 259 Å². The van der Waals surface area contributed by atoms with E-state index in [9.17, 15) is 0 Å². The van der Waals surface area contributed by atoms with Crippen LogP contribution in [0.1, 0.15) is 34.6 Å². The second-order valence-corrected chi connectivity index (χ2v) is 12.7. The first-order valence-corrected chi connectivity index (χ1v) is 15.8. The molecule has 0 aliphatic heterocycles. The third kappa shape index (κ3) is 3.45. The Morgan fingerprint density at radius 2 is 1.28 bits per heavy atom. The van der Waals surface area contributed by atoms with E-state index in [1.165, 1.54) is 66.1 Å². The van der Waals surface area contributed by atoms with Crippen LogP contribution in [0.2, 0.25) is 0 Å². The van der Waals surface area contributed by atoms with E-state index in [1.807, 2.05) is 0 Å². The summed E-state index contributed by atoms with van der Waals surface area (Å²) in [7, 11) is 0. The van der Waals surface area contributed by atoms with Crippen molar-refractivity contribution in [3.05, 3.63) is 184 Å². The maximum atomic E-state index is 3.79. The molecule has 43 heavy (non-hydrogen) atoms. The van der Waals surface area contributed by atoms with Crippen LogP contribution in [0, 0.1) is 0 Å². The van der Waals surface area contributed by atoms with E-state index < -0.39 is 0 Å². The van der Waals surface area contributed by atoms with E-state index in [0.717, 1.165) is 10.9 Å². The third-order valence-corrected chi connectivity index (χ3v) is 10.2. The summed E-state index contributed by atoms with van der Waals surface area (Å²) in [5.41, 5.74) is 10.5. The zero-order chi connectivity index (χ0) is 28.5. The Morgan fingerprint density at radius 1 is 0.605 bits per heavy atom. The summed E-state index contributed by atoms with van der Waals surface area (Å²) in [5.74, 6) is 0.270. The summed E-state index contributed by atoms with van der Waals surface area (Å²) in [4.78, 5) is 0. The van der Waals surface area contributed by atoms with Gasteiger partial charge in [-0.15, -0.1) is 0 Å². The van der Waals surface area contributed by atoms with E-state index in [1.54, 1.807) is 0 Å². The quantitative estimate of drug-likeness (QED) is 0.187. The van der Waals surface area contributed by atoms with Crippen LogP contribution < -0.4 is 0 Å². The minimum absolute atomic E-state index is 0.270. The zero-order valence-electron chi connectivity index (χ0n) is 23.5. The molecular formula is C41H28BrN. The van der Waals surface area contributed by atoms with Gasteiger partial charge < -0.3 is 4.57 Å². The van der Waals surface area contributed by atoms with Gasteiger partial charge in [-0.3, -0.25) is 0 Å². The molecule has 0 saturated heterocycles. The predicted molar refractivity (Wildman–Crippen MR) is 184 cm³/mol. The number of halogens is 1. The molecule has 1 heterocycles. The highest BCUT2D eigenvalue weighted by Gasteiger charge is 2.50. The van der Waals surface area contributed by atoms with Crippen LogP contribution in [0.15, 0.2) is 162 Å². The Hall–Kier alpha value is -4.66. The second-order valence-electron chi connectivity index (χ2n) is 11.8. The molecule has 0 radical (unpaired) electrons. The molecular weight excluding hydrogens is 586 g/mol. The van der Waals surface area contributed by atoms with Crippen molar-refractivity contribution in [3.63, 3.8) is 0 Å². The number of fused-ring (bicyclic) bond motifs is 8. The summed E-state index contributed by atoms with van der Waals surface area (Å²) in [5, 5.41) is 5.14. The molecule has 0 N–H and O–H groups in total.